The SMILES string of the molecule is CCCCCCCCCCCC#Cc1cnccc1/C=C/C(=O)O. The Morgan fingerprint density at radius 1 is 1.12 bits per heavy atom. The van der Waals surface area contributed by atoms with Gasteiger partial charge in [0.2, 0.25) is 0 Å². The first-order valence-electron chi connectivity index (χ1n) is 9.08. The van der Waals surface area contributed by atoms with Crippen LogP contribution in [0.1, 0.15) is 82.3 Å². The Labute approximate surface area is 146 Å². The number of pyridine rings is 1. The third-order valence-corrected chi connectivity index (χ3v) is 3.89. The predicted molar refractivity (Wildman–Crippen MR) is 99.6 cm³/mol. The van der Waals surface area contributed by atoms with E-state index in [0.29, 0.717) is 0 Å². The maximum Gasteiger partial charge on any atom is 0.328 e. The van der Waals surface area contributed by atoms with Crippen molar-refractivity contribution >= 4 is 12.0 Å². The molecule has 1 N–H and O–H groups in total. The smallest absolute Gasteiger partial charge is 0.328 e. The normalized spacial score (nSPS) is 10.5. The van der Waals surface area contributed by atoms with Gasteiger partial charge in [-0.25, -0.2) is 4.79 Å². The topological polar surface area (TPSA) is 50.2 Å². The quantitative estimate of drug-likeness (QED) is 0.334. The number of unbranched alkanes of at least 4 members (excludes halogenated alkanes) is 9. The predicted octanol–water partition coefficient (Wildman–Crippen LogP) is 5.45. The molecule has 0 aromatic carbocycles. The summed E-state index contributed by atoms with van der Waals surface area (Å²) in [5, 5.41) is 8.70. The van der Waals surface area contributed by atoms with Gasteiger partial charge in [0.1, 0.15) is 0 Å². The molecule has 0 unspecified atom stereocenters. The zero-order valence-electron chi connectivity index (χ0n) is 14.8. The van der Waals surface area contributed by atoms with Crippen LogP contribution in [0.3, 0.4) is 0 Å². The van der Waals surface area contributed by atoms with Crippen molar-refractivity contribution in [3.63, 3.8) is 0 Å². The molecule has 0 bridgehead atoms. The number of carbonyl (C=O) groups is 1. The minimum Gasteiger partial charge on any atom is -0.478 e. The van der Waals surface area contributed by atoms with Gasteiger partial charge in [0.05, 0.1) is 5.56 Å². The van der Waals surface area contributed by atoms with Crippen LogP contribution in [0.5, 0.6) is 0 Å². The lowest BCUT2D eigenvalue weighted by Crippen LogP contribution is -1.88. The van der Waals surface area contributed by atoms with Crippen molar-refractivity contribution in [2.24, 2.45) is 0 Å². The Morgan fingerprint density at radius 3 is 2.46 bits per heavy atom. The van der Waals surface area contributed by atoms with E-state index in [0.717, 1.165) is 30.0 Å². The second kappa shape index (κ2) is 13.4. The van der Waals surface area contributed by atoms with Crippen molar-refractivity contribution in [3.8, 4) is 11.8 Å². The number of nitrogens with zero attached hydrogens (tertiary/aromatic N) is 1. The molecule has 0 saturated carbocycles. The molecular weight excluding hydrogens is 298 g/mol. The summed E-state index contributed by atoms with van der Waals surface area (Å²) in [6.07, 6.45) is 18.7. The van der Waals surface area contributed by atoms with Crippen LogP contribution in [-0.2, 0) is 4.79 Å². The molecule has 0 atom stereocenters. The summed E-state index contributed by atoms with van der Waals surface area (Å²) in [4.78, 5) is 14.7. The van der Waals surface area contributed by atoms with Crippen molar-refractivity contribution in [3.05, 3.63) is 35.7 Å². The fraction of sp³-hybridized carbons (Fsp3) is 0.524. The van der Waals surface area contributed by atoms with Gasteiger partial charge < -0.3 is 5.11 Å². The molecule has 1 rings (SSSR count). The zero-order valence-corrected chi connectivity index (χ0v) is 14.8. The highest BCUT2D eigenvalue weighted by Gasteiger charge is 1.96. The van der Waals surface area contributed by atoms with E-state index in [2.05, 4.69) is 23.7 Å². The van der Waals surface area contributed by atoms with Gasteiger partial charge in [0, 0.05) is 24.9 Å². The Bertz CT molecular complexity index is 567. The Morgan fingerprint density at radius 2 is 1.79 bits per heavy atom. The van der Waals surface area contributed by atoms with Crippen LogP contribution >= 0.6 is 0 Å². The van der Waals surface area contributed by atoms with Crippen LogP contribution < -0.4 is 0 Å². The lowest BCUT2D eigenvalue weighted by atomic mass is 10.1. The highest BCUT2D eigenvalue weighted by Crippen LogP contribution is 2.11. The minimum absolute atomic E-state index is 0.783. The zero-order chi connectivity index (χ0) is 17.5. The van der Waals surface area contributed by atoms with Gasteiger partial charge in [-0.1, -0.05) is 70.1 Å². The van der Waals surface area contributed by atoms with Gasteiger partial charge in [0.15, 0.2) is 0 Å². The minimum atomic E-state index is -0.958. The number of aliphatic carboxylic acids is 1. The first-order valence-corrected chi connectivity index (χ1v) is 9.08. The van der Waals surface area contributed by atoms with Crippen LogP contribution in [0, 0.1) is 11.8 Å². The summed E-state index contributed by atoms with van der Waals surface area (Å²) >= 11 is 0. The van der Waals surface area contributed by atoms with Crippen LogP contribution in [0.4, 0.5) is 0 Å². The number of aromatic nitrogens is 1. The number of carboxylic acid groups (broad SMARTS) is 1. The molecule has 0 aliphatic heterocycles. The first kappa shape index (κ1) is 20.0. The number of hydrogen-bond donors (Lipinski definition) is 1. The molecule has 0 saturated heterocycles. The molecular formula is C21H29NO2. The fourth-order valence-electron chi connectivity index (χ4n) is 2.50. The maximum atomic E-state index is 10.6. The number of carboxylic acids is 1. The maximum absolute atomic E-state index is 10.6. The molecule has 3 nitrogen and oxygen atoms in total. The van der Waals surface area contributed by atoms with Gasteiger partial charge >= 0.3 is 5.97 Å². The monoisotopic (exact) mass is 327 g/mol. The molecule has 130 valence electrons. The molecule has 1 aromatic rings. The lowest BCUT2D eigenvalue weighted by molar-refractivity contribution is -0.131. The fourth-order valence-corrected chi connectivity index (χ4v) is 2.50. The van der Waals surface area contributed by atoms with Crippen LogP contribution in [0.25, 0.3) is 6.08 Å². The molecule has 0 fully saturated rings. The molecule has 3 heteroatoms. The molecule has 1 heterocycles. The molecule has 0 aliphatic carbocycles. The first-order chi connectivity index (χ1) is 11.7. The summed E-state index contributed by atoms with van der Waals surface area (Å²) in [5.41, 5.74) is 1.58. The van der Waals surface area contributed by atoms with E-state index in [1.54, 1.807) is 24.5 Å². The third kappa shape index (κ3) is 9.84. The summed E-state index contributed by atoms with van der Waals surface area (Å²) in [6, 6.07) is 1.78. The largest absolute Gasteiger partial charge is 0.478 e. The van der Waals surface area contributed by atoms with Crippen molar-refractivity contribution in [2.75, 3.05) is 0 Å². The van der Waals surface area contributed by atoms with E-state index >= 15 is 0 Å². The van der Waals surface area contributed by atoms with Crippen molar-refractivity contribution < 1.29 is 9.90 Å². The van der Waals surface area contributed by atoms with Crippen LogP contribution in [-0.4, -0.2) is 16.1 Å². The van der Waals surface area contributed by atoms with Crippen molar-refractivity contribution in [2.45, 2.75) is 71.1 Å². The molecule has 0 spiro atoms. The van der Waals surface area contributed by atoms with E-state index in [1.165, 1.54) is 51.4 Å². The Kier molecular flexibility index (Phi) is 11.1. The van der Waals surface area contributed by atoms with Gasteiger partial charge in [-0.2, -0.15) is 0 Å². The Hall–Kier alpha value is -2.08. The van der Waals surface area contributed by atoms with E-state index < -0.39 is 5.97 Å². The standard InChI is InChI=1S/C21H29NO2/c1-2-3-4-5-6-7-8-9-10-11-12-13-20-18-22-17-16-19(20)14-15-21(23)24/h14-18H,2-11H2,1H3,(H,23,24)/b15-14+. The molecule has 24 heavy (non-hydrogen) atoms. The van der Waals surface area contributed by atoms with Gasteiger partial charge in [0.25, 0.3) is 0 Å². The molecule has 1 aromatic heterocycles. The highest BCUT2D eigenvalue weighted by atomic mass is 16.4. The molecule has 0 radical (unpaired) electrons. The summed E-state index contributed by atoms with van der Waals surface area (Å²) in [5.74, 6) is 5.32. The second-order valence-electron chi connectivity index (χ2n) is 6.01. The summed E-state index contributed by atoms with van der Waals surface area (Å²) in [7, 11) is 0. The van der Waals surface area contributed by atoms with Gasteiger partial charge in [-0.15, -0.1) is 0 Å². The number of rotatable bonds is 11. The van der Waals surface area contributed by atoms with Crippen LogP contribution in [0.15, 0.2) is 24.5 Å². The van der Waals surface area contributed by atoms with E-state index in [-0.39, 0.29) is 0 Å². The average molecular weight is 327 g/mol. The molecule has 0 amide bonds. The van der Waals surface area contributed by atoms with Gasteiger partial charge in [-0.05, 0) is 24.1 Å². The van der Waals surface area contributed by atoms with Crippen LogP contribution in [0.2, 0.25) is 0 Å². The van der Waals surface area contributed by atoms with Gasteiger partial charge in [-0.3, -0.25) is 4.98 Å². The second-order valence-corrected chi connectivity index (χ2v) is 6.01. The number of hydrogen-bond acceptors (Lipinski definition) is 2. The summed E-state index contributed by atoms with van der Waals surface area (Å²) < 4.78 is 0. The summed E-state index contributed by atoms with van der Waals surface area (Å²) in [6.45, 7) is 2.25. The average Bonchev–Trinajstić information content (AvgIpc) is 2.58. The van der Waals surface area contributed by atoms with Crippen molar-refractivity contribution in [1.29, 1.82) is 0 Å². The van der Waals surface area contributed by atoms with Crippen molar-refractivity contribution in [1.82, 2.24) is 4.98 Å². The Balaban J connectivity index is 2.24. The highest BCUT2D eigenvalue weighted by molar-refractivity contribution is 5.85. The molecule has 0 aliphatic rings. The van der Waals surface area contributed by atoms with E-state index in [4.69, 9.17) is 5.11 Å². The van der Waals surface area contributed by atoms with E-state index in [9.17, 15) is 4.79 Å². The third-order valence-electron chi connectivity index (χ3n) is 3.89. The van der Waals surface area contributed by atoms with E-state index in [1.807, 2.05) is 0 Å². The lowest BCUT2D eigenvalue weighted by Gasteiger charge is -2.00.